The second kappa shape index (κ2) is 5.35. The number of aromatic amines is 1. The number of rotatable bonds is 4. The zero-order chi connectivity index (χ0) is 13.0. The smallest absolute Gasteiger partial charge is 0.251 e. The molecule has 0 saturated carbocycles. The Balaban J connectivity index is 2.03. The van der Waals surface area contributed by atoms with Gasteiger partial charge in [-0.05, 0) is 31.2 Å². The van der Waals surface area contributed by atoms with Gasteiger partial charge in [0.15, 0.2) is 0 Å². The molecule has 0 spiro atoms. The molecule has 5 nitrogen and oxygen atoms in total. The molecule has 1 atom stereocenters. The van der Waals surface area contributed by atoms with E-state index in [2.05, 4.69) is 15.3 Å². The molecule has 0 saturated heterocycles. The normalized spacial score (nSPS) is 11.9. The van der Waals surface area contributed by atoms with Gasteiger partial charge in [0, 0.05) is 18.0 Å². The Morgan fingerprint density at radius 3 is 2.67 bits per heavy atom. The Kier molecular flexibility index (Phi) is 3.62. The first-order chi connectivity index (χ1) is 8.70. The zero-order valence-electron chi connectivity index (χ0n) is 10.3. The second-order valence-electron chi connectivity index (χ2n) is 3.90. The van der Waals surface area contributed by atoms with Crippen LogP contribution >= 0.6 is 0 Å². The SMILES string of the molecule is COc1ccc(C(=O)NC(C)c2ncc[nH]2)cc1. The minimum atomic E-state index is -0.158. The molecule has 0 aliphatic heterocycles. The largest absolute Gasteiger partial charge is 0.497 e. The molecule has 0 bridgehead atoms. The standard InChI is InChI=1S/C13H15N3O2/c1-9(12-14-7-8-15-12)16-13(17)10-3-5-11(18-2)6-4-10/h3-9H,1-2H3,(H,14,15)(H,16,17). The van der Waals surface area contributed by atoms with Crippen LogP contribution in [0.2, 0.25) is 0 Å². The summed E-state index contributed by atoms with van der Waals surface area (Å²) < 4.78 is 5.04. The van der Waals surface area contributed by atoms with E-state index in [1.807, 2.05) is 6.92 Å². The van der Waals surface area contributed by atoms with Gasteiger partial charge in [0.05, 0.1) is 13.2 Å². The maximum absolute atomic E-state index is 12.0. The zero-order valence-corrected chi connectivity index (χ0v) is 10.3. The van der Waals surface area contributed by atoms with Crippen LogP contribution in [0.3, 0.4) is 0 Å². The molecule has 0 fully saturated rings. The van der Waals surface area contributed by atoms with Gasteiger partial charge in [-0.2, -0.15) is 0 Å². The lowest BCUT2D eigenvalue weighted by atomic mass is 10.2. The summed E-state index contributed by atoms with van der Waals surface area (Å²) in [4.78, 5) is 19.0. The molecule has 1 aromatic heterocycles. The summed E-state index contributed by atoms with van der Waals surface area (Å²) >= 11 is 0. The second-order valence-corrected chi connectivity index (χ2v) is 3.90. The highest BCUT2D eigenvalue weighted by Crippen LogP contribution is 2.12. The lowest BCUT2D eigenvalue weighted by Crippen LogP contribution is -2.27. The number of H-pyrrole nitrogens is 1. The number of nitrogens with one attached hydrogen (secondary N) is 2. The Labute approximate surface area is 105 Å². The third kappa shape index (κ3) is 2.68. The van der Waals surface area contributed by atoms with Gasteiger partial charge in [0.25, 0.3) is 5.91 Å². The Morgan fingerprint density at radius 2 is 2.11 bits per heavy atom. The van der Waals surface area contributed by atoms with Crippen molar-refractivity contribution in [3.05, 3.63) is 48.0 Å². The number of carbonyl (C=O) groups is 1. The number of imidazole rings is 1. The summed E-state index contributed by atoms with van der Waals surface area (Å²) in [7, 11) is 1.59. The fourth-order valence-electron chi connectivity index (χ4n) is 1.61. The van der Waals surface area contributed by atoms with Gasteiger partial charge in [-0.1, -0.05) is 0 Å². The Bertz CT molecular complexity index is 506. The quantitative estimate of drug-likeness (QED) is 0.864. The first kappa shape index (κ1) is 12.2. The van der Waals surface area contributed by atoms with E-state index in [0.29, 0.717) is 5.56 Å². The Hall–Kier alpha value is -2.30. The predicted molar refractivity (Wildman–Crippen MR) is 67.5 cm³/mol. The molecule has 1 unspecified atom stereocenters. The first-order valence-electron chi connectivity index (χ1n) is 5.65. The molecule has 0 radical (unpaired) electrons. The number of carbonyl (C=O) groups excluding carboxylic acids is 1. The van der Waals surface area contributed by atoms with Gasteiger partial charge < -0.3 is 15.0 Å². The number of hydrogen-bond acceptors (Lipinski definition) is 3. The van der Waals surface area contributed by atoms with E-state index in [0.717, 1.165) is 11.6 Å². The van der Waals surface area contributed by atoms with Gasteiger partial charge in [0.1, 0.15) is 11.6 Å². The van der Waals surface area contributed by atoms with E-state index in [4.69, 9.17) is 4.74 Å². The van der Waals surface area contributed by atoms with Crippen LogP contribution < -0.4 is 10.1 Å². The molecule has 0 aliphatic rings. The van der Waals surface area contributed by atoms with Crippen molar-refractivity contribution in [3.63, 3.8) is 0 Å². The maximum atomic E-state index is 12.0. The maximum Gasteiger partial charge on any atom is 0.251 e. The molecular formula is C13H15N3O2. The molecule has 2 rings (SSSR count). The number of benzene rings is 1. The molecule has 1 aromatic carbocycles. The highest BCUT2D eigenvalue weighted by Gasteiger charge is 2.12. The number of amides is 1. The lowest BCUT2D eigenvalue weighted by Gasteiger charge is -2.11. The topological polar surface area (TPSA) is 67.0 Å². The molecule has 5 heteroatoms. The van der Waals surface area contributed by atoms with Crippen molar-refractivity contribution in [2.75, 3.05) is 7.11 Å². The van der Waals surface area contributed by atoms with Crippen molar-refractivity contribution < 1.29 is 9.53 Å². The Morgan fingerprint density at radius 1 is 1.39 bits per heavy atom. The van der Waals surface area contributed by atoms with Crippen LogP contribution in [-0.2, 0) is 0 Å². The van der Waals surface area contributed by atoms with Crippen LogP contribution in [-0.4, -0.2) is 23.0 Å². The predicted octanol–water partition coefficient (Wildman–Crippen LogP) is 1.91. The van der Waals surface area contributed by atoms with Crippen LogP contribution in [0, 0.1) is 0 Å². The molecule has 18 heavy (non-hydrogen) atoms. The van der Waals surface area contributed by atoms with E-state index in [1.165, 1.54) is 0 Å². The van der Waals surface area contributed by atoms with Crippen molar-refractivity contribution in [3.8, 4) is 5.75 Å². The van der Waals surface area contributed by atoms with E-state index in [-0.39, 0.29) is 11.9 Å². The molecule has 2 N–H and O–H groups in total. The van der Waals surface area contributed by atoms with Crippen LogP contribution in [0.1, 0.15) is 29.1 Å². The molecule has 2 aromatic rings. The van der Waals surface area contributed by atoms with E-state index >= 15 is 0 Å². The van der Waals surface area contributed by atoms with Gasteiger partial charge in [-0.25, -0.2) is 4.98 Å². The number of aromatic nitrogens is 2. The average molecular weight is 245 g/mol. The molecule has 94 valence electrons. The van der Waals surface area contributed by atoms with Crippen molar-refractivity contribution in [2.45, 2.75) is 13.0 Å². The summed E-state index contributed by atoms with van der Waals surface area (Å²) in [6.45, 7) is 1.88. The first-order valence-corrected chi connectivity index (χ1v) is 5.65. The molecule has 1 amide bonds. The fourth-order valence-corrected chi connectivity index (χ4v) is 1.61. The summed E-state index contributed by atoms with van der Waals surface area (Å²) in [6, 6.07) is 6.81. The average Bonchev–Trinajstić information content (AvgIpc) is 2.92. The fraction of sp³-hybridized carbons (Fsp3) is 0.231. The van der Waals surface area contributed by atoms with Crippen LogP contribution in [0.5, 0.6) is 5.75 Å². The summed E-state index contributed by atoms with van der Waals surface area (Å²) in [5.41, 5.74) is 0.592. The minimum absolute atomic E-state index is 0.137. The van der Waals surface area contributed by atoms with Crippen LogP contribution in [0.15, 0.2) is 36.7 Å². The van der Waals surface area contributed by atoms with E-state index in [1.54, 1.807) is 43.8 Å². The number of nitrogens with zero attached hydrogens (tertiary/aromatic N) is 1. The highest BCUT2D eigenvalue weighted by molar-refractivity contribution is 5.94. The number of methoxy groups -OCH3 is 1. The molecular weight excluding hydrogens is 230 g/mol. The van der Waals surface area contributed by atoms with Gasteiger partial charge >= 0.3 is 0 Å². The molecule has 1 heterocycles. The summed E-state index contributed by atoms with van der Waals surface area (Å²) in [5.74, 6) is 1.32. The van der Waals surface area contributed by atoms with E-state index in [9.17, 15) is 4.79 Å². The third-order valence-corrected chi connectivity index (χ3v) is 2.63. The van der Waals surface area contributed by atoms with Crippen molar-refractivity contribution in [1.82, 2.24) is 15.3 Å². The van der Waals surface area contributed by atoms with Gasteiger partial charge in [-0.3, -0.25) is 4.79 Å². The summed E-state index contributed by atoms with van der Waals surface area (Å²) in [6.07, 6.45) is 3.39. The van der Waals surface area contributed by atoms with E-state index < -0.39 is 0 Å². The van der Waals surface area contributed by atoms with Crippen LogP contribution in [0.25, 0.3) is 0 Å². The van der Waals surface area contributed by atoms with Crippen LogP contribution in [0.4, 0.5) is 0 Å². The third-order valence-electron chi connectivity index (χ3n) is 2.63. The van der Waals surface area contributed by atoms with Crippen molar-refractivity contribution >= 4 is 5.91 Å². The number of hydrogen-bond donors (Lipinski definition) is 2. The molecule has 0 aliphatic carbocycles. The van der Waals surface area contributed by atoms with Gasteiger partial charge in [-0.15, -0.1) is 0 Å². The highest BCUT2D eigenvalue weighted by atomic mass is 16.5. The lowest BCUT2D eigenvalue weighted by molar-refractivity contribution is 0.0938. The van der Waals surface area contributed by atoms with Crippen molar-refractivity contribution in [2.24, 2.45) is 0 Å². The monoisotopic (exact) mass is 245 g/mol. The van der Waals surface area contributed by atoms with Crippen molar-refractivity contribution in [1.29, 1.82) is 0 Å². The summed E-state index contributed by atoms with van der Waals surface area (Å²) in [5, 5.41) is 2.86. The minimum Gasteiger partial charge on any atom is -0.497 e. The van der Waals surface area contributed by atoms with Gasteiger partial charge in [0.2, 0.25) is 0 Å². The number of ether oxygens (including phenoxy) is 1.